The van der Waals surface area contributed by atoms with Crippen molar-refractivity contribution in [1.29, 1.82) is 0 Å². The molecule has 5 heteroatoms. The van der Waals surface area contributed by atoms with Crippen LogP contribution in [0.3, 0.4) is 0 Å². The first-order valence-electron chi connectivity index (χ1n) is 6.98. The summed E-state index contributed by atoms with van der Waals surface area (Å²) in [5.41, 5.74) is 2.49. The first-order chi connectivity index (χ1) is 10.1. The molecule has 0 radical (unpaired) electrons. The van der Waals surface area contributed by atoms with E-state index in [1.54, 1.807) is 12.1 Å². The minimum Gasteiger partial charge on any atom is -0.478 e. The van der Waals surface area contributed by atoms with Gasteiger partial charge in [-0.1, -0.05) is 30.7 Å². The summed E-state index contributed by atoms with van der Waals surface area (Å²) in [6.45, 7) is 6.28. The van der Waals surface area contributed by atoms with Gasteiger partial charge in [-0.05, 0) is 31.9 Å². The number of halogens is 2. The monoisotopic (exact) mass is 308 g/mol. The maximum absolute atomic E-state index is 13.6. The lowest BCUT2D eigenvalue weighted by atomic mass is 10.0. The van der Waals surface area contributed by atoms with E-state index in [0.717, 1.165) is 17.7 Å². The first-order valence-corrected chi connectivity index (χ1v) is 7.36. The van der Waals surface area contributed by atoms with Crippen molar-refractivity contribution in [2.45, 2.75) is 33.6 Å². The molecule has 0 unspecified atom stereocenters. The molecule has 1 aromatic heterocycles. The fourth-order valence-corrected chi connectivity index (χ4v) is 2.42. The van der Waals surface area contributed by atoms with Crippen molar-refractivity contribution in [3.05, 3.63) is 51.7 Å². The van der Waals surface area contributed by atoms with Gasteiger partial charge >= 0.3 is 0 Å². The van der Waals surface area contributed by atoms with E-state index in [1.165, 1.54) is 6.07 Å². The average Bonchev–Trinajstić information content (AvgIpc) is 2.46. The van der Waals surface area contributed by atoms with Gasteiger partial charge in [-0.2, -0.15) is 4.98 Å². The molecule has 0 atom stereocenters. The molecule has 0 N–H and O–H groups in total. The maximum atomic E-state index is 13.6. The number of aryl methyl sites for hydroxylation is 2. The van der Waals surface area contributed by atoms with Crippen LogP contribution >= 0.6 is 11.6 Å². The van der Waals surface area contributed by atoms with Gasteiger partial charge in [0.1, 0.15) is 11.6 Å². The zero-order valence-corrected chi connectivity index (χ0v) is 13.2. The Bertz CT molecular complexity index is 646. The summed E-state index contributed by atoms with van der Waals surface area (Å²) in [5.74, 6) is 0.810. The highest BCUT2D eigenvalue weighted by Gasteiger charge is 2.16. The number of benzene rings is 1. The lowest BCUT2D eigenvalue weighted by Crippen LogP contribution is -2.08. The summed E-state index contributed by atoms with van der Waals surface area (Å²) in [7, 11) is 0. The number of rotatable bonds is 5. The SMILES string of the molecule is CCOc1nc(C)nc(CC)c1Cc1cccc(F)c1Cl. The van der Waals surface area contributed by atoms with E-state index in [2.05, 4.69) is 9.97 Å². The lowest BCUT2D eigenvalue weighted by molar-refractivity contribution is 0.321. The van der Waals surface area contributed by atoms with Gasteiger partial charge in [0.15, 0.2) is 0 Å². The molecule has 1 heterocycles. The molecule has 21 heavy (non-hydrogen) atoms. The number of aromatic nitrogens is 2. The Morgan fingerprint density at radius 3 is 2.67 bits per heavy atom. The van der Waals surface area contributed by atoms with Crippen molar-refractivity contribution in [2.24, 2.45) is 0 Å². The highest BCUT2D eigenvalue weighted by molar-refractivity contribution is 6.31. The summed E-state index contributed by atoms with van der Waals surface area (Å²) in [5, 5.41) is 0.141. The van der Waals surface area contributed by atoms with Crippen molar-refractivity contribution in [3.63, 3.8) is 0 Å². The van der Waals surface area contributed by atoms with Gasteiger partial charge < -0.3 is 4.74 Å². The second-order valence-corrected chi connectivity index (χ2v) is 5.06. The predicted molar refractivity (Wildman–Crippen MR) is 81.5 cm³/mol. The predicted octanol–water partition coefficient (Wildman–Crippen LogP) is 4.13. The Labute approximate surface area is 129 Å². The third-order valence-corrected chi connectivity index (χ3v) is 3.60. The molecule has 0 saturated heterocycles. The molecular weight excluding hydrogens is 291 g/mol. The Balaban J connectivity index is 2.49. The summed E-state index contributed by atoms with van der Waals surface area (Å²) >= 11 is 6.04. The Morgan fingerprint density at radius 2 is 2.00 bits per heavy atom. The number of ether oxygens (including phenoxy) is 1. The quantitative estimate of drug-likeness (QED) is 0.833. The van der Waals surface area contributed by atoms with Crippen LogP contribution in [0.25, 0.3) is 0 Å². The molecule has 0 aliphatic carbocycles. The molecule has 0 amide bonds. The number of hydrogen-bond acceptors (Lipinski definition) is 3. The molecule has 2 aromatic rings. The molecule has 112 valence electrons. The van der Waals surface area contributed by atoms with Crippen molar-refractivity contribution < 1.29 is 9.13 Å². The number of nitrogens with zero attached hydrogens (tertiary/aromatic N) is 2. The van der Waals surface area contributed by atoms with Crippen LogP contribution in [0.2, 0.25) is 5.02 Å². The second kappa shape index (κ2) is 6.85. The van der Waals surface area contributed by atoms with E-state index in [4.69, 9.17) is 16.3 Å². The van der Waals surface area contributed by atoms with E-state index in [9.17, 15) is 4.39 Å². The zero-order valence-electron chi connectivity index (χ0n) is 12.4. The molecular formula is C16H18ClFN2O. The third kappa shape index (κ3) is 3.50. The molecule has 0 bridgehead atoms. The second-order valence-electron chi connectivity index (χ2n) is 4.68. The van der Waals surface area contributed by atoms with E-state index >= 15 is 0 Å². The maximum Gasteiger partial charge on any atom is 0.220 e. The molecule has 0 aliphatic rings. The molecule has 3 nitrogen and oxygen atoms in total. The molecule has 0 saturated carbocycles. The Morgan fingerprint density at radius 1 is 1.24 bits per heavy atom. The minimum atomic E-state index is -0.418. The Kier molecular flexibility index (Phi) is 5.12. The van der Waals surface area contributed by atoms with Gasteiger partial charge in [0, 0.05) is 12.0 Å². The van der Waals surface area contributed by atoms with Crippen LogP contribution < -0.4 is 4.74 Å². The van der Waals surface area contributed by atoms with Crippen molar-refractivity contribution in [2.75, 3.05) is 6.61 Å². The molecule has 2 rings (SSSR count). The highest BCUT2D eigenvalue weighted by atomic mass is 35.5. The van der Waals surface area contributed by atoms with E-state index < -0.39 is 5.82 Å². The van der Waals surface area contributed by atoms with Crippen LogP contribution in [-0.4, -0.2) is 16.6 Å². The fourth-order valence-electron chi connectivity index (χ4n) is 2.23. The smallest absolute Gasteiger partial charge is 0.220 e. The van der Waals surface area contributed by atoms with Crippen LogP contribution in [0, 0.1) is 12.7 Å². The molecule has 0 spiro atoms. The third-order valence-electron chi connectivity index (χ3n) is 3.18. The van der Waals surface area contributed by atoms with E-state index in [1.807, 2.05) is 20.8 Å². The van der Waals surface area contributed by atoms with Gasteiger partial charge in [-0.25, -0.2) is 9.37 Å². The fraction of sp³-hybridized carbons (Fsp3) is 0.375. The van der Waals surface area contributed by atoms with Crippen LogP contribution in [0.15, 0.2) is 18.2 Å². The van der Waals surface area contributed by atoms with Crippen molar-refractivity contribution >= 4 is 11.6 Å². The van der Waals surface area contributed by atoms with Crippen LogP contribution in [-0.2, 0) is 12.8 Å². The van der Waals surface area contributed by atoms with Crippen LogP contribution in [0.5, 0.6) is 5.88 Å². The summed E-state index contributed by atoms with van der Waals surface area (Å²) in [6, 6.07) is 4.81. The summed E-state index contributed by atoms with van der Waals surface area (Å²) in [6.07, 6.45) is 1.21. The largest absolute Gasteiger partial charge is 0.478 e. The van der Waals surface area contributed by atoms with Gasteiger partial charge in [0.2, 0.25) is 5.88 Å². The topological polar surface area (TPSA) is 35.0 Å². The molecule has 0 aliphatic heterocycles. The summed E-state index contributed by atoms with van der Waals surface area (Å²) < 4.78 is 19.2. The minimum absolute atomic E-state index is 0.141. The van der Waals surface area contributed by atoms with E-state index in [0.29, 0.717) is 30.3 Å². The van der Waals surface area contributed by atoms with Gasteiger partial charge in [0.25, 0.3) is 0 Å². The van der Waals surface area contributed by atoms with Gasteiger partial charge in [0.05, 0.1) is 17.3 Å². The van der Waals surface area contributed by atoms with Crippen molar-refractivity contribution in [3.8, 4) is 5.88 Å². The van der Waals surface area contributed by atoms with E-state index in [-0.39, 0.29) is 5.02 Å². The highest BCUT2D eigenvalue weighted by Crippen LogP contribution is 2.28. The zero-order chi connectivity index (χ0) is 15.4. The molecule has 0 fully saturated rings. The van der Waals surface area contributed by atoms with Crippen molar-refractivity contribution in [1.82, 2.24) is 9.97 Å². The van der Waals surface area contributed by atoms with Crippen LogP contribution in [0.1, 0.15) is 36.5 Å². The Hall–Kier alpha value is -1.68. The van der Waals surface area contributed by atoms with Gasteiger partial charge in [-0.15, -0.1) is 0 Å². The lowest BCUT2D eigenvalue weighted by Gasteiger charge is -2.14. The molecule has 1 aromatic carbocycles. The first kappa shape index (κ1) is 15.7. The normalized spacial score (nSPS) is 10.7. The average molecular weight is 309 g/mol. The van der Waals surface area contributed by atoms with Gasteiger partial charge in [-0.3, -0.25) is 0 Å². The standard InChI is InChI=1S/C16H18ClFN2O/c1-4-14-12(16(21-5-2)20-10(3)19-14)9-11-7-6-8-13(18)15(11)17/h6-8H,4-5,9H2,1-3H3. The van der Waals surface area contributed by atoms with Crippen LogP contribution in [0.4, 0.5) is 4.39 Å². The number of hydrogen-bond donors (Lipinski definition) is 0. The summed E-state index contributed by atoms with van der Waals surface area (Å²) in [4.78, 5) is 8.80.